The summed E-state index contributed by atoms with van der Waals surface area (Å²) >= 11 is 1.65. The molecule has 2 heterocycles. The van der Waals surface area contributed by atoms with Crippen LogP contribution in [-0.4, -0.2) is 29.9 Å². The molecule has 0 bridgehead atoms. The fourth-order valence-electron chi connectivity index (χ4n) is 4.30. The molecule has 1 aromatic heterocycles. The van der Waals surface area contributed by atoms with Gasteiger partial charge in [-0.15, -0.1) is 11.3 Å². The van der Waals surface area contributed by atoms with Crippen LogP contribution in [0.3, 0.4) is 0 Å². The zero-order valence-electron chi connectivity index (χ0n) is 18.9. The van der Waals surface area contributed by atoms with Crippen LogP contribution in [0.15, 0.2) is 47.8 Å². The van der Waals surface area contributed by atoms with Gasteiger partial charge in [-0.3, -0.25) is 9.59 Å². The molecule has 1 unspecified atom stereocenters. The van der Waals surface area contributed by atoms with Gasteiger partial charge in [-0.2, -0.15) is 0 Å². The number of hydrogen-bond donors (Lipinski definition) is 1. The molecule has 0 spiro atoms. The molecule has 0 saturated carbocycles. The van der Waals surface area contributed by atoms with Crippen LogP contribution in [0.1, 0.15) is 35.0 Å². The van der Waals surface area contributed by atoms with Crippen LogP contribution in [0.4, 0.5) is 5.69 Å². The third kappa shape index (κ3) is 4.75. The maximum atomic E-state index is 12.7. The standard InChI is InChI=1S/C26H29N3O2S/c1-4-20-7-5-6-17(2)25(20)29-15-22(14-24(29)30)26(31)27-13-12-19-8-10-21(11-9-19)23-16-32-18(3)28-23/h5-11,16,22H,4,12-15H2,1-3H3,(H,27,31). The fraction of sp³-hybridized carbons (Fsp3) is 0.346. The van der Waals surface area contributed by atoms with Gasteiger partial charge in [0.15, 0.2) is 0 Å². The van der Waals surface area contributed by atoms with Gasteiger partial charge in [-0.25, -0.2) is 4.98 Å². The average Bonchev–Trinajstić information content (AvgIpc) is 3.39. The highest BCUT2D eigenvalue weighted by atomic mass is 32.1. The van der Waals surface area contributed by atoms with Gasteiger partial charge in [0.1, 0.15) is 0 Å². The first kappa shape index (κ1) is 22.2. The summed E-state index contributed by atoms with van der Waals surface area (Å²) in [6.07, 6.45) is 1.88. The smallest absolute Gasteiger partial charge is 0.227 e. The Bertz CT molecular complexity index is 1120. The van der Waals surface area contributed by atoms with Crippen LogP contribution < -0.4 is 10.2 Å². The number of carbonyl (C=O) groups excluding carboxylic acids is 2. The van der Waals surface area contributed by atoms with E-state index < -0.39 is 0 Å². The monoisotopic (exact) mass is 447 g/mol. The number of nitrogens with zero attached hydrogens (tertiary/aromatic N) is 2. The Labute approximate surface area is 193 Å². The van der Waals surface area contributed by atoms with Crippen molar-refractivity contribution in [2.24, 2.45) is 5.92 Å². The van der Waals surface area contributed by atoms with E-state index in [1.165, 1.54) is 0 Å². The van der Waals surface area contributed by atoms with Gasteiger partial charge in [0, 0.05) is 36.1 Å². The minimum Gasteiger partial charge on any atom is -0.355 e. The molecule has 166 valence electrons. The Kier molecular flexibility index (Phi) is 6.70. The molecule has 2 aromatic carbocycles. The van der Waals surface area contributed by atoms with Crippen molar-refractivity contribution in [3.8, 4) is 11.3 Å². The lowest BCUT2D eigenvalue weighted by atomic mass is 10.0. The highest BCUT2D eigenvalue weighted by Gasteiger charge is 2.36. The van der Waals surface area contributed by atoms with Crippen LogP contribution >= 0.6 is 11.3 Å². The SMILES string of the molecule is CCc1cccc(C)c1N1CC(C(=O)NCCc2ccc(-c3csc(C)n3)cc2)CC1=O. The number of para-hydroxylation sites is 1. The number of anilines is 1. The van der Waals surface area contributed by atoms with Crippen LogP contribution in [0.25, 0.3) is 11.3 Å². The van der Waals surface area contributed by atoms with Crippen molar-refractivity contribution in [3.63, 3.8) is 0 Å². The minimum atomic E-state index is -0.304. The molecule has 4 rings (SSSR count). The number of thiazole rings is 1. The van der Waals surface area contributed by atoms with E-state index in [0.717, 1.165) is 51.5 Å². The third-order valence-corrected chi connectivity index (χ3v) is 6.82. The molecule has 1 N–H and O–H groups in total. The van der Waals surface area contributed by atoms with Gasteiger partial charge in [0.2, 0.25) is 11.8 Å². The molecule has 1 fully saturated rings. The predicted octanol–water partition coefficient (Wildman–Crippen LogP) is 4.70. The number of carbonyl (C=O) groups is 2. The molecule has 6 heteroatoms. The van der Waals surface area contributed by atoms with E-state index in [1.54, 1.807) is 16.2 Å². The molecule has 1 aliphatic rings. The molecular weight excluding hydrogens is 418 g/mol. The van der Waals surface area contributed by atoms with Crippen molar-refractivity contribution in [2.45, 2.75) is 40.0 Å². The average molecular weight is 448 g/mol. The Balaban J connectivity index is 1.32. The maximum Gasteiger partial charge on any atom is 0.227 e. The molecule has 0 aliphatic carbocycles. The van der Waals surface area contributed by atoms with Crippen LogP contribution in [-0.2, 0) is 22.4 Å². The zero-order chi connectivity index (χ0) is 22.7. The van der Waals surface area contributed by atoms with E-state index in [4.69, 9.17) is 0 Å². The van der Waals surface area contributed by atoms with Crippen LogP contribution in [0.5, 0.6) is 0 Å². The second-order valence-electron chi connectivity index (χ2n) is 8.33. The van der Waals surface area contributed by atoms with E-state index >= 15 is 0 Å². The Morgan fingerprint density at radius 1 is 1.19 bits per heavy atom. The molecule has 2 amide bonds. The minimum absolute atomic E-state index is 0.0296. The van der Waals surface area contributed by atoms with Crippen molar-refractivity contribution < 1.29 is 9.59 Å². The summed E-state index contributed by atoms with van der Waals surface area (Å²) in [5.74, 6) is -0.314. The Morgan fingerprint density at radius 2 is 1.97 bits per heavy atom. The quantitative estimate of drug-likeness (QED) is 0.571. The van der Waals surface area contributed by atoms with Gasteiger partial charge in [-0.05, 0) is 43.4 Å². The summed E-state index contributed by atoms with van der Waals surface area (Å²) in [7, 11) is 0. The Morgan fingerprint density at radius 3 is 2.66 bits per heavy atom. The molecule has 1 aliphatic heterocycles. The lowest BCUT2D eigenvalue weighted by Crippen LogP contribution is -2.34. The summed E-state index contributed by atoms with van der Waals surface area (Å²) < 4.78 is 0. The number of rotatable bonds is 7. The van der Waals surface area contributed by atoms with Gasteiger partial charge in [-0.1, -0.05) is 49.4 Å². The first-order valence-corrected chi connectivity index (χ1v) is 12.0. The lowest BCUT2D eigenvalue weighted by molar-refractivity contribution is -0.126. The second-order valence-corrected chi connectivity index (χ2v) is 9.39. The summed E-state index contributed by atoms with van der Waals surface area (Å²) in [5.41, 5.74) is 6.48. The van der Waals surface area contributed by atoms with Gasteiger partial charge < -0.3 is 10.2 Å². The summed E-state index contributed by atoms with van der Waals surface area (Å²) in [4.78, 5) is 31.8. The van der Waals surface area contributed by atoms with E-state index in [2.05, 4.69) is 52.9 Å². The summed E-state index contributed by atoms with van der Waals surface area (Å²) in [5, 5.41) is 6.16. The van der Waals surface area contributed by atoms with E-state index in [-0.39, 0.29) is 24.2 Å². The summed E-state index contributed by atoms with van der Waals surface area (Å²) in [6, 6.07) is 14.4. The molecular formula is C26H29N3O2S. The van der Waals surface area contributed by atoms with Gasteiger partial charge >= 0.3 is 0 Å². The third-order valence-electron chi connectivity index (χ3n) is 6.05. The molecule has 3 aromatic rings. The van der Waals surface area contributed by atoms with Crippen molar-refractivity contribution in [3.05, 3.63) is 69.5 Å². The van der Waals surface area contributed by atoms with Crippen molar-refractivity contribution in [1.29, 1.82) is 0 Å². The first-order valence-electron chi connectivity index (χ1n) is 11.1. The molecule has 32 heavy (non-hydrogen) atoms. The number of hydrogen-bond acceptors (Lipinski definition) is 4. The van der Waals surface area contributed by atoms with E-state index in [0.29, 0.717) is 13.1 Å². The summed E-state index contributed by atoms with van der Waals surface area (Å²) in [6.45, 7) is 7.13. The van der Waals surface area contributed by atoms with E-state index in [1.807, 2.05) is 26.0 Å². The molecule has 5 nitrogen and oxygen atoms in total. The number of benzene rings is 2. The van der Waals surface area contributed by atoms with Gasteiger partial charge in [0.25, 0.3) is 0 Å². The number of nitrogens with one attached hydrogen (secondary N) is 1. The van der Waals surface area contributed by atoms with Crippen molar-refractivity contribution in [1.82, 2.24) is 10.3 Å². The normalized spacial score (nSPS) is 15.9. The largest absolute Gasteiger partial charge is 0.355 e. The fourth-order valence-corrected chi connectivity index (χ4v) is 4.93. The van der Waals surface area contributed by atoms with Crippen molar-refractivity contribution >= 4 is 28.8 Å². The zero-order valence-corrected chi connectivity index (χ0v) is 19.7. The van der Waals surface area contributed by atoms with Crippen molar-refractivity contribution in [2.75, 3.05) is 18.0 Å². The van der Waals surface area contributed by atoms with Crippen LogP contribution in [0, 0.1) is 19.8 Å². The van der Waals surface area contributed by atoms with Crippen LogP contribution in [0.2, 0.25) is 0 Å². The topological polar surface area (TPSA) is 62.3 Å². The van der Waals surface area contributed by atoms with E-state index in [9.17, 15) is 9.59 Å². The molecule has 1 saturated heterocycles. The first-order chi connectivity index (χ1) is 15.5. The highest BCUT2D eigenvalue weighted by molar-refractivity contribution is 7.09. The number of amides is 2. The van der Waals surface area contributed by atoms with Gasteiger partial charge in [0.05, 0.1) is 16.6 Å². The maximum absolute atomic E-state index is 12.7. The molecule has 1 atom stereocenters. The highest BCUT2D eigenvalue weighted by Crippen LogP contribution is 2.31. The Hall–Kier alpha value is -2.99. The lowest BCUT2D eigenvalue weighted by Gasteiger charge is -2.22. The predicted molar refractivity (Wildman–Crippen MR) is 130 cm³/mol. The second kappa shape index (κ2) is 9.65. The number of aromatic nitrogens is 1. The number of aryl methyl sites for hydroxylation is 3. The molecule has 0 radical (unpaired) electrons.